The number of benzene rings is 2. The van der Waals surface area contributed by atoms with Gasteiger partial charge in [0.15, 0.2) is 0 Å². The molecular weight excluding hydrogens is 295 g/mol. The third-order valence-corrected chi connectivity index (χ3v) is 4.20. The van der Waals surface area contributed by atoms with Crippen LogP contribution in [-0.4, -0.2) is 22.4 Å². The monoisotopic (exact) mass is 306 g/mol. The van der Waals surface area contributed by atoms with Crippen molar-refractivity contribution in [1.29, 1.82) is 0 Å². The molecule has 0 aromatic heterocycles. The number of hydrogen-bond donors (Lipinski definition) is 2. The number of nitrogens with zero attached hydrogens (tertiary/aromatic N) is 2. The summed E-state index contributed by atoms with van der Waals surface area (Å²) in [5.41, 5.74) is 1.10. The average Bonchev–Trinajstić information content (AvgIpc) is 2.37. The van der Waals surface area contributed by atoms with Gasteiger partial charge in [0.05, 0.1) is 0 Å². The Morgan fingerprint density at radius 1 is 0.833 bits per heavy atom. The first-order valence-electron chi connectivity index (χ1n) is 5.19. The summed E-state index contributed by atoms with van der Waals surface area (Å²) < 4.78 is 29.3. The SMILES string of the molecule is O=[As](O)(O)c1cccc(/N=N/c2ccccc2)c1. The molecule has 0 saturated carbocycles. The molecule has 0 saturated heterocycles. The quantitative estimate of drug-likeness (QED) is 0.668. The molecule has 0 aliphatic heterocycles. The second-order valence-electron chi connectivity index (χ2n) is 3.60. The van der Waals surface area contributed by atoms with E-state index in [1.807, 2.05) is 18.2 Å². The predicted octanol–water partition coefficient (Wildman–Crippen LogP) is 1.66. The van der Waals surface area contributed by atoms with Gasteiger partial charge in [-0.05, 0) is 0 Å². The van der Waals surface area contributed by atoms with E-state index in [1.165, 1.54) is 12.1 Å². The Morgan fingerprint density at radius 2 is 1.44 bits per heavy atom. The van der Waals surface area contributed by atoms with E-state index in [0.717, 1.165) is 0 Å². The molecule has 0 unspecified atom stereocenters. The van der Waals surface area contributed by atoms with Crippen molar-refractivity contribution in [2.24, 2.45) is 10.2 Å². The zero-order chi connectivity index (χ0) is 13.0. The predicted molar refractivity (Wildman–Crippen MR) is 67.6 cm³/mol. The van der Waals surface area contributed by atoms with E-state index in [9.17, 15) is 3.74 Å². The van der Waals surface area contributed by atoms with E-state index in [1.54, 1.807) is 24.3 Å². The van der Waals surface area contributed by atoms with Gasteiger partial charge in [-0.25, -0.2) is 0 Å². The zero-order valence-electron chi connectivity index (χ0n) is 9.34. The average molecular weight is 306 g/mol. The summed E-state index contributed by atoms with van der Waals surface area (Å²) in [6, 6.07) is 15.1. The minimum absolute atomic E-state index is 0.00219. The van der Waals surface area contributed by atoms with Gasteiger partial charge >= 0.3 is 107 Å². The molecule has 2 aromatic carbocycles. The first-order chi connectivity index (χ1) is 8.55. The number of rotatable bonds is 3. The van der Waals surface area contributed by atoms with Crippen molar-refractivity contribution in [2.45, 2.75) is 0 Å². The van der Waals surface area contributed by atoms with Crippen molar-refractivity contribution in [3.63, 3.8) is 0 Å². The molecule has 2 N–H and O–H groups in total. The van der Waals surface area contributed by atoms with Gasteiger partial charge in [-0.1, -0.05) is 0 Å². The summed E-state index contributed by atoms with van der Waals surface area (Å²) >= 11 is -4.86. The Kier molecular flexibility index (Phi) is 3.77. The first-order valence-corrected chi connectivity index (χ1v) is 8.57. The molecule has 0 radical (unpaired) electrons. The Morgan fingerprint density at radius 3 is 2.11 bits per heavy atom. The van der Waals surface area contributed by atoms with Crippen LogP contribution in [0, 0.1) is 0 Å². The Hall–Kier alpha value is -1.68. The standard InChI is InChI=1S/C12H11AsN2O3/c16-13(17,18)10-5-4-8-12(9-10)15-14-11-6-2-1-3-7-11/h1-9H,(H2,16,17,18)/b15-14+. The Labute approximate surface area is 107 Å². The molecule has 0 aliphatic rings. The summed E-state index contributed by atoms with van der Waals surface area (Å²) in [4.78, 5) is 0. The van der Waals surface area contributed by atoms with Crippen LogP contribution in [0.15, 0.2) is 64.8 Å². The van der Waals surface area contributed by atoms with E-state index in [4.69, 9.17) is 8.19 Å². The fourth-order valence-electron chi connectivity index (χ4n) is 1.35. The number of azo groups is 1. The fraction of sp³-hybridized carbons (Fsp3) is 0. The van der Waals surface area contributed by atoms with Crippen LogP contribution < -0.4 is 4.35 Å². The summed E-state index contributed by atoms with van der Waals surface area (Å²) in [5.74, 6) is 0. The third-order valence-electron chi connectivity index (χ3n) is 2.20. The van der Waals surface area contributed by atoms with Gasteiger partial charge in [0, 0.05) is 0 Å². The molecule has 5 nitrogen and oxygen atoms in total. The van der Waals surface area contributed by atoms with E-state index >= 15 is 0 Å². The molecule has 0 fully saturated rings. The molecule has 0 heterocycles. The van der Waals surface area contributed by atoms with Gasteiger partial charge in [-0.15, -0.1) is 0 Å². The van der Waals surface area contributed by atoms with E-state index in [2.05, 4.69) is 10.2 Å². The maximum absolute atomic E-state index is 11.1. The fourth-order valence-corrected chi connectivity index (χ4v) is 2.56. The van der Waals surface area contributed by atoms with Gasteiger partial charge in [0.2, 0.25) is 0 Å². The summed E-state index contributed by atoms with van der Waals surface area (Å²) in [6.45, 7) is 0. The van der Waals surface area contributed by atoms with Crippen molar-refractivity contribution in [1.82, 2.24) is 0 Å². The van der Waals surface area contributed by atoms with Crippen LogP contribution in [0.3, 0.4) is 0 Å². The van der Waals surface area contributed by atoms with Crippen molar-refractivity contribution in [3.05, 3.63) is 54.6 Å². The first kappa shape index (κ1) is 12.8. The molecule has 92 valence electrons. The van der Waals surface area contributed by atoms with E-state index in [0.29, 0.717) is 11.4 Å². The number of hydrogen-bond acceptors (Lipinski definition) is 3. The molecule has 2 rings (SSSR count). The van der Waals surface area contributed by atoms with Gasteiger partial charge < -0.3 is 0 Å². The van der Waals surface area contributed by atoms with Gasteiger partial charge in [-0.3, -0.25) is 0 Å². The van der Waals surface area contributed by atoms with Gasteiger partial charge in [0.1, 0.15) is 0 Å². The molecule has 0 bridgehead atoms. The van der Waals surface area contributed by atoms with Crippen molar-refractivity contribution in [2.75, 3.05) is 0 Å². The minimum atomic E-state index is -4.86. The Bertz CT molecular complexity index is 608. The normalized spacial score (nSPS) is 11.9. The van der Waals surface area contributed by atoms with Crippen LogP contribution >= 0.6 is 0 Å². The van der Waals surface area contributed by atoms with Crippen LogP contribution in [0.4, 0.5) is 11.4 Å². The van der Waals surface area contributed by atoms with Crippen LogP contribution in [0.25, 0.3) is 0 Å². The zero-order valence-corrected chi connectivity index (χ0v) is 11.2. The van der Waals surface area contributed by atoms with Crippen LogP contribution in [0.1, 0.15) is 0 Å². The second kappa shape index (κ2) is 5.31. The second-order valence-corrected chi connectivity index (χ2v) is 6.97. The maximum atomic E-state index is 11.1. The topological polar surface area (TPSA) is 82.2 Å². The summed E-state index contributed by atoms with van der Waals surface area (Å²) in [5, 5.41) is 7.92. The van der Waals surface area contributed by atoms with Crippen LogP contribution in [-0.2, 0) is 3.74 Å². The van der Waals surface area contributed by atoms with Crippen molar-refractivity contribution >= 4 is 29.9 Å². The summed E-state index contributed by atoms with van der Waals surface area (Å²) in [7, 11) is 0. The van der Waals surface area contributed by atoms with Gasteiger partial charge in [0.25, 0.3) is 0 Å². The molecule has 2 aromatic rings. The van der Waals surface area contributed by atoms with Crippen LogP contribution in [0.2, 0.25) is 0 Å². The molecule has 0 amide bonds. The van der Waals surface area contributed by atoms with Crippen LogP contribution in [0.5, 0.6) is 0 Å². The summed E-state index contributed by atoms with van der Waals surface area (Å²) in [6.07, 6.45) is 0. The third kappa shape index (κ3) is 3.40. The van der Waals surface area contributed by atoms with Gasteiger partial charge in [-0.2, -0.15) is 0 Å². The van der Waals surface area contributed by atoms with Crippen molar-refractivity contribution in [3.8, 4) is 0 Å². The molecule has 0 atom stereocenters. The molecule has 18 heavy (non-hydrogen) atoms. The van der Waals surface area contributed by atoms with E-state index < -0.39 is 14.2 Å². The molecule has 6 heteroatoms. The van der Waals surface area contributed by atoms with Crippen molar-refractivity contribution < 1.29 is 11.9 Å². The molecule has 0 spiro atoms. The Balaban J connectivity index is 2.25. The molecule has 0 aliphatic carbocycles. The van der Waals surface area contributed by atoms with E-state index in [-0.39, 0.29) is 4.35 Å². The molecular formula is C12H11AsN2O3.